The summed E-state index contributed by atoms with van der Waals surface area (Å²) in [5, 5.41) is 11.7. The summed E-state index contributed by atoms with van der Waals surface area (Å²) in [6.07, 6.45) is -0.522. The lowest BCUT2D eigenvalue weighted by Gasteiger charge is -2.54. The molecule has 4 aromatic rings. The second-order valence-electron chi connectivity index (χ2n) is 14.5. The molecule has 272 valence electrons. The summed E-state index contributed by atoms with van der Waals surface area (Å²) in [6, 6.07) is 13.3. The second kappa shape index (κ2) is 13.5. The molecule has 15 heteroatoms. The van der Waals surface area contributed by atoms with E-state index in [0.29, 0.717) is 61.7 Å². The number of methoxy groups -OCH3 is 1. The molecule has 0 N–H and O–H groups in total. The van der Waals surface area contributed by atoms with E-state index in [1.807, 2.05) is 16.7 Å². The van der Waals surface area contributed by atoms with Crippen LogP contribution < -0.4 is 9.64 Å². The fraction of sp³-hybridized carbons (Fsp3) is 0.528. The van der Waals surface area contributed by atoms with E-state index < -0.39 is 22.6 Å². The average molecular weight is 725 g/mol. The zero-order valence-electron chi connectivity index (χ0n) is 29.2. The Hall–Kier alpha value is -3.97. The van der Waals surface area contributed by atoms with Crippen molar-refractivity contribution in [1.82, 2.24) is 28.6 Å². The first-order chi connectivity index (χ1) is 24.2. The smallest absolute Gasteiger partial charge is 0.393 e. The molecule has 1 unspecified atom stereocenters. The Bertz CT molecular complexity index is 2070. The first-order valence-electron chi connectivity index (χ1n) is 17.3. The molecule has 0 saturated carbocycles. The van der Waals surface area contributed by atoms with Gasteiger partial charge in [-0.15, -0.1) is 0 Å². The molecule has 3 saturated heterocycles. The number of nitriles is 1. The number of piperidine rings is 1. The average Bonchev–Trinajstić information content (AvgIpc) is 3.41. The minimum absolute atomic E-state index is 0.100. The van der Waals surface area contributed by atoms with E-state index in [0.717, 1.165) is 61.2 Å². The lowest BCUT2D eigenvalue weighted by Crippen LogP contribution is -2.60. The number of nitrogens with zero attached hydrogens (tertiary/aromatic N) is 8. The Balaban J connectivity index is 0.999. The number of sulfonamides is 1. The van der Waals surface area contributed by atoms with Gasteiger partial charge in [-0.3, -0.25) is 9.80 Å². The van der Waals surface area contributed by atoms with Gasteiger partial charge in [0.2, 0.25) is 10.0 Å². The van der Waals surface area contributed by atoms with Crippen LogP contribution in [0.15, 0.2) is 42.7 Å². The molecule has 11 nitrogen and oxygen atoms in total. The first-order valence-corrected chi connectivity index (χ1v) is 19.2. The molecular weight excluding hydrogens is 682 g/mol. The molecule has 2 aromatic carbocycles. The lowest BCUT2D eigenvalue weighted by atomic mass is 9.72. The summed E-state index contributed by atoms with van der Waals surface area (Å²) >= 11 is 0. The Labute approximate surface area is 296 Å². The molecule has 3 aliphatic heterocycles. The molecule has 1 spiro atoms. The summed E-state index contributed by atoms with van der Waals surface area (Å²) in [5.74, 6) is 1.47. The van der Waals surface area contributed by atoms with Gasteiger partial charge in [-0.1, -0.05) is 6.07 Å². The van der Waals surface area contributed by atoms with Gasteiger partial charge >= 0.3 is 6.18 Å². The van der Waals surface area contributed by atoms with E-state index in [2.05, 4.69) is 43.7 Å². The van der Waals surface area contributed by atoms with Crippen molar-refractivity contribution in [2.75, 3.05) is 70.6 Å². The Morgan fingerprint density at radius 1 is 1.02 bits per heavy atom. The number of hydrogen-bond donors (Lipinski definition) is 0. The third kappa shape index (κ3) is 7.37. The fourth-order valence-corrected chi connectivity index (χ4v) is 8.96. The van der Waals surface area contributed by atoms with Gasteiger partial charge in [-0.25, -0.2) is 18.4 Å². The van der Waals surface area contributed by atoms with Crippen LogP contribution in [0.2, 0.25) is 0 Å². The van der Waals surface area contributed by atoms with Gasteiger partial charge in [0.05, 0.1) is 30.8 Å². The molecule has 0 aliphatic carbocycles. The molecular formula is C36H43F3N8O3S. The molecule has 0 radical (unpaired) electrons. The summed E-state index contributed by atoms with van der Waals surface area (Å²) in [7, 11) is -1.54. The molecule has 3 aliphatic rings. The van der Waals surface area contributed by atoms with Gasteiger partial charge in [-0.05, 0) is 62.7 Å². The number of ether oxygens (including phenoxy) is 1. The Morgan fingerprint density at radius 3 is 2.39 bits per heavy atom. The number of alkyl halides is 3. The number of fused-ring (bicyclic) bond motifs is 2. The SMILES string of the molecule is COc1cc2c(cc1CN1CCC3(CC1)CN(c1ncnc4ccc(CC(F)(F)F)cc14)C3)cc(C#N)n2CC(C)N1CCN(S(C)(=O)=O)CC1. The van der Waals surface area contributed by atoms with Crippen LogP contribution in [0.5, 0.6) is 5.75 Å². The maximum atomic E-state index is 13.1. The number of piperazine rings is 1. The normalized spacial score (nSPS) is 19.7. The highest BCUT2D eigenvalue weighted by Gasteiger charge is 2.46. The number of anilines is 1. The molecule has 5 heterocycles. The first kappa shape index (κ1) is 35.4. The van der Waals surface area contributed by atoms with E-state index in [4.69, 9.17) is 4.74 Å². The van der Waals surface area contributed by atoms with Crippen molar-refractivity contribution in [2.45, 2.75) is 51.5 Å². The van der Waals surface area contributed by atoms with Crippen LogP contribution in [0.3, 0.4) is 0 Å². The van der Waals surface area contributed by atoms with Gasteiger partial charge in [0.25, 0.3) is 0 Å². The molecule has 1 atom stereocenters. The number of likely N-dealkylation sites (tertiary alicyclic amines) is 1. The second-order valence-corrected chi connectivity index (χ2v) is 16.5. The highest BCUT2D eigenvalue weighted by molar-refractivity contribution is 7.88. The summed E-state index contributed by atoms with van der Waals surface area (Å²) in [5.41, 5.74) is 3.56. The zero-order valence-corrected chi connectivity index (χ0v) is 30.0. The minimum atomic E-state index is -4.28. The number of halogens is 3. The van der Waals surface area contributed by atoms with Crippen molar-refractivity contribution in [3.05, 3.63) is 59.5 Å². The van der Waals surface area contributed by atoms with Crippen LogP contribution in [0.4, 0.5) is 19.0 Å². The van der Waals surface area contributed by atoms with E-state index in [-0.39, 0.29) is 17.0 Å². The predicted octanol–water partition coefficient (Wildman–Crippen LogP) is 4.64. The van der Waals surface area contributed by atoms with Gasteiger partial charge in [0, 0.05) is 86.2 Å². The van der Waals surface area contributed by atoms with Crippen LogP contribution in [0.25, 0.3) is 21.8 Å². The molecule has 0 amide bonds. The van der Waals surface area contributed by atoms with Gasteiger partial charge in [0.15, 0.2) is 0 Å². The van der Waals surface area contributed by atoms with Crippen molar-refractivity contribution in [2.24, 2.45) is 5.41 Å². The number of hydrogen-bond acceptors (Lipinski definition) is 9. The lowest BCUT2D eigenvalue weighted by molar-refractivity contribution is -0.127. The summed E-state index contributed by atoms with van der Waals surface area (Å²) in [4.78, 5) is 15.6. The summed E-state index contributed by atoms with van der Waals surface area (Å²) < 4.78 is 72.6. The van der Waals surface area contributed by atoms with Crippen molar-refractivity contribution in [3.63, 3.8) is 0 Å². The van der Waals surface area contributed by atoms with Crippen LogP contribution in [0, 0.1) is 16.7 Å². The Kier molecular flexibility index (Phi) is 9.41. The summed E-state index contributed by atoms with van der Waals surface area (Å²) in [6.45, 7) is 9.05. The van der Waals surface area contributed by atoms with Crippen LogP contribution in [-0.4, -0.2) is 115 Å². The molecule has 3 fully saturated rings. The zero-order chi connectivity index (χ0) is 36.1. The van der Waals surface area contributed by atoms with Gasteiger partial charge in [-0.2, -0.15) is 22.7 Å². The van der Waals surface area contributed by atoms with Gasteiger partial charge in [0.1, 0.15) is 29.7 Å². The number of aromatic nitrogens is 3. The highest BCUT2D eigenvalue weighted by atomic mass is 32.2. The predicted molar refractivity (Wildman–Crippen MR) is 189 cm³/mol. The maximum absolute atomic E-state index is 13.1. The van der Waals surface area contributed by atoms with Crippen LogP contribution in [-0.2, 0) is 29.5 Å². The minimum Gasteiger partial charge on any atom is -0.496 e. The van der Waals surface area contributed by atoms with E-state index in [1.165, 1.54) is 23.0 Å². The van der Waals surface area contributed by atoms with Crippen molar-refractivity contribution in [3.8, 4) is 11.8 Å². The molecule has 51 heavy (non-hydrogen) atoms. The van der Waals surface area contributed by atoms with Gasteiger partial charge < -0.3 is 14.2 Å². The third-order valence-electron chi connectivity index (χ3n) is 11.0. The standard InChI is InChI=1S/C36H43F3N8O3S/c1-25(44-10-12-46(13-11-44)51(3,48)49)20-47-29(19-40)16-27-15-28(33(50-2)17-32(27)47)21-43-8-6-35(7-9-43)22-45(23-35)34-30-14-26(18-36(37,38)39)4-5-31(30)41-24-42-34/h4-5,14-17,24-25H,6-13,18,20-23H2,1-3H3. The monoisotopic (exact) mass is 724 g/mol. The quantitative estimate of drug-likeness (QED) is 0.244. The number of benzene rings is 2. The van der Waals surface area contributed by atoms with E-state index in [1.54, 1.807) is 19.2 Å². The largest absolute Gasteiger partial charge is 0.496 e. The van der Waals surface area contributed by atoms with Crippen molar-refractivity contribution >= 4 is 37.6 Å². The van der Waals surface area contributed by atoms with E-state index in [9.17, 15) is 26.9 Å². The van der Waals surface area contributed by atoms with Crippen LogP contribution in [0.1, 0.15) is 36.6 Å². The maximum Gasteiger partial charge on any atom is 0.393 e. The topological polar surface area (TPSA) is 111 Å². The van der Waals surface area contributed by atoms with Crippen LogP contribution >= 0.6 is 0 Å². The number of rotatable bonds is 9. The third-order valence-corrected chi connectivity index (χ3v) is 12.3. The molecule has 0 bridgehead atoms. The van der Waals surface area contributed by atoms with E-state index >= 15 is 0 Å². The fourth-order valence-electron chi connectivity index (χ4n) is 8.14. The Morgan fingerprint density at radius 2 is 1.75 bits per heavy atom. The van der Waals surface area contributed by atoms with Crippen molar-refractivity contribution < 1.29 is 26.3 Å². The molecule has 2 aromatic heterocycles. The molecule has 7 rings (SSSR count). The highest BCUT2D eigenvalue weighted by Crippen LogP contribution is 2.44. The van der Waals surface area contributed by atoms with Crippen molar-refractivity contribution in [1.29, 1.82) is 5.26 Å².